The van der Waals surface area contributed by atoms with Crippen LogP contribution in [0.15, 0.2) is 70.4 Å². The number of Topliss-reactive ketones (excluding diaryl/α,β-unsaturated/α-hetero) is 3. The Labute approximate surface area is 403 Å². The second kappa shape index (κ2) is 25.2. The summed E-state index contributed by atoms with van der Waals surface area (Å²) in [5.74, 6) is -7.61. The summed E-state index contributed by atoms with van der Waals surface area (Å²) in [5.41, 5.74) is 1.25. The van der Waals surface area contributed by atoms with Crippen molar-refractivity contribution in [3.05, 3.63) is 71.8 Å². The average Bonchev–Trinajstić information content (AvgIpc) is 3.86. The van der Waals surface area contributed by atoms with Gasteiger partial charge in [0.2, 0.25) is 5.79 Å². The maximum Gasteiger partial charge on any atom is 0.329 e. The first-order valence-corrected chi connectivity index (χ1v) is 25.0. The highest BCUT2D eigenvalue weighted by molar-refractivity contribution is 6.39. The highest BCUT2D eigenvalue weighted by Gasteiger charge is 2.53. The van der Waals surface area contributed by atoms with Crippen molar-refractivity contribution in [2.75, 3.05) is 20.8 Å². The number of fused-ring (bicyclic) bond motifs is 3. The van der Waals surface area contributed by atoms with Gasteiger partial charge in [0, 0.05) is 50.9 Å². The number of hydrogen-bond acceptors (Lipinski definition) is 13. The van der Waals surface area contributed by atoms with Gasteiger partial charge in [-0.15, -0.1) is 0 Å². The normalized spacial score (nSPS) is 36.7. The van der Waals surface area contributed by atoms with Crippen LogP contribution < -0.4 is 0 Å². The number of aliphatic hydroxyl groups excluding tert-OH is 2. The van der Waals surface area contributed by atoms with Gasteiger partial charge in [0.05, 0.1) is 30.7 Å². The summed E-state index contributed by atoms with van der Waals surface area (Å²) in [6, 6.07) is 2.51. The quantitative estimate of drug-likeness (QED) is 0.187. The predicted octanol–water partition coefficient (Wildman–Crippen LogP) is 7.54. The average molecular weight is 950 g/mol. The van der Waals surface area contributed by atoms with E-state index in [1.54, 1.807) is 46.3 Å². The molecule has 378 valence electrons. The third-order valence-corrected chi connectivity index (χ3v) is 15.2. The fourth-order valence-corrected chi connectivity index (χ4v) is 10.7. The van der Waals surface area contributed by atoms with E-state index in [-0.39, 0.29) is 60.7 Å². The number of methoxy groups -OCH3 is 2. The molecule has 1 aromatic rings. The van der Waals surface area contributed by atoms with E-state index in [0.29, 0.717) is 69.1 Å². The molecule has 1 aromatic heterocycles. The summed E-state index contributed by atoms with van der Waals surface area (Å²) in [6.45, 7) is 12.8. The summed E-state index contributed by atoms with van der Waals surface area (Å²) in [7, 11) is 2.95. The first kappa shape index (κ1) is 54.9. The molecule has 1 aliphatic carbocycles. The number of piperidine rings is 1. The Balaban J connectivity index is 1.49. The zero-order valence-electron chi connectivity index (χ0n) is 41.8. The van der Waals surface area contributed by atoms with E-state index < -0.39 is 77.8 Å². The number of carbonyl (C=O) groups excluding carboxylic acids is 5. The van der Waals surface area contributed by atoms with E-state index in [1.165, 1.54) is 12.0 Å². The van der Waals surface area contributed by atoms with Gasteiger partial charge in [-0.05, 0) is 120 Å². The molecule has 0 radical (unpaired) electrons. The number of carbonyl (C=O) groups is 5. The van der Waals surface area contributed by atoms with Crippen molar-refractivity contribution < 1.29 is 62.7 Å². The zero-order valence-corrected chi connectivity index (χ0v) is 41.8. The van der Waals surface area contributed by atoms with Gasteiger partial charge in [-0.3, -0.25) is 19.2 Å². The summed E-state index contributed by atoms with van der Waals surface area (Å²) in [6.07, 6.45) is 13.3. The number of hydrogen-bond donors (Lipinski definition) is 3. The summed E-state index contributed by atoms with van der Waals surface area (Å²) in [4.78, 5) is 72.3. The number of nitrogens with zero attached hydrogens (tertiary/aromatic N) is 1. The lowest BCUT2D eigenvalue weighted by Gasteiger charge is -2.42. The van der Waals surface area contributed by atoms with Crippen LogP contribution in [0.2, 0.25) is 0 Å². The molecule has 3 unspecified atom stereocenters. The van der Waals surface area contributed by atoms with Gasteiger partial charge in [0.1, 0.15) is 24.0 Å². The van der Waals surface area contributed by atoms with Gasteiger partial charge in [-0.1, -0.05) is 76.6 Å². The van der Waals surface area contributed by atoms with Crippen molar-refractivity contribution >= 4 is 29.2 Å². The van der Waals surface area contributed by atoms with Crippen LogP contribution in [0.5, 0.6) is 0 Å². The lowest BCUT2D eigenvalue weighted by atomic mass is 9.78. The van der Waals surface area contributed by atoms with Crippen LogP contribution in [0.3, 0.4) is 0 Å². The van der Waals surface area contributed by atoms with Gasteiger partial charge in [-0.2, -0.15) is 0 Å². The molecule has 3 fully saturated rings. The van der Waals surface area contributed by atoms with Gasteiger partial charge in [0.15, 0.2) is 11.6 Å². The van der Waals surface area contributed by atoms with Crippen LogP contribution in [0.4, 0.5) is 0 Å². The second-order valence-corrected chi connectivity index (χ2v) is 20.4. The Morgan fingerprint density at radius 1 is 0.897 bits per heavy atom. The van der Waals surface area contributed by atoms with E-state index in [1.807, 2.05) is 64.1 Å². The van der Waals surface area contributed by atoms with Crippen LogP contribution in [0, 0.1) is 35.5 Å². The molecule has 3 aliphatic heterocycles. The Morgan fingerprint density at radius 2 is 1.65 bits per heavy atom. The maximum absolute atomic E-state index is 14.4. The number of esters is 1. The summed E-state index contributed by atoms with van der Waals surface area (Å²) >= 11 is 0. The molecule has 2 bridgehead atoms. The first-order valence-electron chi connectivity index (χ1n) is 25.0. The number of ketones is 3. The molecular weight excluding hydrogens is 871 g/mol. The number of cyclic esters (lactones) is 1. The molecule has 4 heterocycles. The molecule has 2 saturated heterocycles. The standard InChI is InChI=1S/C54H79NO13/c1-32-16-11-10-12-17-33(2)41(45-19-15-25-66-45)30-40-22-20-38(7)54(63,68-40)51(60)52(61)55-24-14-13-18-42(55)53(62)67-46(35(4)28-39-21-23-43(56)47(29-39)64-8)31-44(57)34(3)27-37(6)49(59)50(65-9)48(58)36(5)26-32/h10-12,15-17,19,25,27,32,35-43,46-47,49-50,56,59,63H,13-14,18,20-24,26,28-31H2,1-9H3/t32-,35-,36-,37?,38-,39+,40?,41+,42?,43-,46+,47-,49-,50+,54-/m1/s1. The van der Waals surface area contributed by atoms with Gasteiger partial charge in [-0.25, -0.2) is 4.79 Å². The fourth-order valence-electron chi connectivity index (χ4n) is 10.7. The SMILES string of the molecule is CO[C@@H]1C[C@H](C[C@@H](C)[C@@H]2CC(=O)C(C)=CC(C)[C@@H](O)[C@@H](OC)C(=O)[C@H](C)C[C@H](C)C=CC=CC=C(C)[C@@H](c3ccco3)CC3CC[C@@H](C)[C@@](O)(O3)C(=O)C(=O)N3CCCCC3C(=O)O2)CC[C@H]1O. The van der Waals surface area contributed by atoms with E-state index in [9.17, 15) is 39.3 Å². The lowest BCUT2D eigenvalue weighted by Crippen LogP contribution is -2.60. The van der Waals surface area contributed by atoms with Crippen LogP contribution in [-0.4, -0.2) is 119 Å². The van der Waals surface area contributed by atoms with Gasteiger partial charge in [0.25, 0.3) is 11.7 Å². The number of ether oxygens (including phenoxy) is 4. The molecular formula is C54H79NO13. The molecule has 5 rings (SSSR count). The highest BCUT2D eigenvalue weighted by atomic mass is 16.6. The largest absolute Gasteiger partial charge is 0.469 e. The van der Waals surface area contributed by atoms with Crippen molar-refractivity contribution in [3.8, 4) is 0 Å². The molecule has 1 amide bonds. The van der Waals surface area contributed by atoms with E-state index in [4.69, 9.17) is 23.4 Å². The Kier molecular flexibility index (Phi) is 20.3. The number of aliphatic hydroxyl groups is 3. The van der Waals surface area contributed by atoms with E-state index in [0.717, 1.165) is 12.0 Å². The molecule has 0 spiro atoms. The second-order valence-electron chi connectivity index (χ2n) is 20.4. The Bertz CT molecular complexity index is 1990. The fraction of sp³-hybridized carbons (Fsp3) is 0.685. The van der Waals surface area contributed by atoms with Crippen molar-refractivity contribution in [2.24, 2.45) is 35.5 Å². The maximum atomic E-state index is 14.4. The van der Waals surface area contributed by atoms with Crippen molar-refractivity contribution in [3.63, 3.8) is 0 Å². The number of furan rings is 1. The zero-order chi connectivity index (χ0) is 49.9. The number of rotatable bonds is 6. The third-order valence-electron chi connectivity index (χ3n) is 15.2. The smallest absolute Gasteiger partial charge is 0.329 e. The van der Waals surface area contributed by atoms with Crippen molar-refractivity contribution in [1.29, 1.82) is 0 Å². The Hall–Kier alpha value is -4.05. The topological polar surface area (TPSA) is 199 Å². The molecule has 3 N–H and O–H groups in total. The van der Waals surface area contributed by atoms with Crippen molar-refractivity contribution in [1.82, 2.24) is 4.90 Å². The summed E-state index contributed by atoms with van der Waals surface area (Å²) < 4.78 is 29.6. The third kappa shape index (κ3) is 13.8. The van der Waals surface area contributed by atoms with Crippen molar-refractivity contribution in [2.45, 2.75) is 180 Å². The number of amides is 1. The van der Waals surface area contributed by atoms with Crippen LogP contribution in [0.25, 0.3) is 0 Å². The van der Waals surface area contributed by atoms with Gasteiger partial charge < -0.3 is 43.6 Å². The molecule has 14 heteroatoms. The Morgan fingerprint density at radius 3 is 2.34 bits per heavy atom. The lowest BCUT2D eigenvalue weighted by molar-refractivity contribution is -0.264. The molecule has 14 nitrogen and oxygen atoms in total. The number of allylic oxidation sites excluding steroid dienone is 7. The van der Waals surface area contributed by atoms with Gasteiger partial charge >= 0.3 is 5.97 Å². The van der Waals surface area contributed by atoms with Crippen LogP contribution in [-0.2, 0) is 42.9 Å². The molecule has 1 saturated carbocycles. The summed E-state index contributed by atoms with van der Waals surface area (Å²) in [5, 5.41) is 34.1. The first-order chi connectivity index (χ1) is 32.3. The minimum absolute atomic E-state index is 0.0119. The molecule has 68 heavy (non-hydrogen) atoms. The highest BCUT2D eigenvalue weighted by Crippen LogP contribution is 2.40. The molecule has 15 atom stereocenters. The predicted molar refractivity (Wildman–Crippen MR) is 256 cm³/mol. The van der Waals surface area contributed by atoms with E-state index >= 15 is 0 Å². The van der Waals surface area contributed by atoms with Crippen LogP contribution >= 0.6 is 0 Å². The monoisotopic (exact) mass is 950 g/mol. The molecule has 4 aliphatic rings. The van der Waals surface area contributed by atoms with E-state index in [2.05, 4.69) is 0 Å². The minimum Gasteiger partial charge on any atom is -0.469 e. The van der Waals surface area contributed by atoms with Crippen LogP contribution in [0.1, 0.15) is 137 Å². The minimum atomic E-state index is -2.45. The molecule has 0 aromatic carbocycles.